The summed E-state index contributed by atoms with van der Waals surface area (Å²) in [5.41, 5.74) is 0.261. The maximum atomic E-state index is 11.8. The standard InChI is InChI=1S/C12H19N3O2/c1-9(5-7-15(2)3)14-12(17)10-4-6-13-8-11(10)16/h4,6,8-9,16H,5,7H2,1-3H3,(H,14,17). The van der Waals surface area contributed by atoms with Gasteiger partial charge >= 0.3 is 0 Å². The fourth-order valence-electron chi connectivity index (χ4n) is 1.40. The van der Waals surface area contributed by atoms with Crippen LogP contribution in [0.2, 0.25) is 0 Å². The number of pyridine rings is 1. The van der Waals surface area contributed by atoms with Gasteiger partial charge in [-0.1, -0.05) is 0 Å². The van der Waals surface area contributed by atoms with Crippen molar-refractivity contribution in [2.45, 2.75) is 19.4 Å². The molecule has 2 N–H and O–H groups in total. The maximum absolute atomic E-state index is 11.8. The summed E-state index contributed by atoms with van der Waals surface area (Å²) < 4.78 is 0. The third-order valence-corrected chi connectivity index (χ3v) is 2.43. The summed E-state index contributed by atoms with van der Waals surface area (Å²) in [6, 6.07) is 1.57. The topological polar surface area (TPSA) is 65.5 Å². The Kier molecular flexibility index (Phi) is 4.90. The lowest BCUT2D eigenvalue weighted by molar-refractivity contribution is 0.0934. The second-order valence-corrected chi connectivity index (χ2v) is 4.36. The van der Waals surface area contributed by atoms with E-state index in [4.69, 9.17) is 0 Å². The van der Waals surface area contributed by atoms with Gasteiger partial charge in [-0.2, -0.15) is 0 Å². The molecule has 0 aliphatic heterocycles. The van der Waals surface area contributed by atoms with E-state index in [1.54, 1.807) is 0 Å². The van der Waals surface area contributed by atoms with Crippen LogP contribution in [0.3, 0.4) is 0 Å². The Morgan fingerprint density at radius 2 is 2.29 bits per heavy atom. The highest BCUT2D eigenvalue weighted by Crippen LogP contribution is 2.13. The first-order chi connectivity index (χ1) is 8.00. The molecule has 0 aliphatic carbocycles. The number of nitrogens with zero attached hydrogens (tertiary/aromatic N) is 2. The van der Waals surface area contributed by atoms with Crippen LogP contribution in [0, 0.1) is 0 Å². The number of hydrogen-bond donors (Lipinski definition) is 2. The molecule has 0 saturated carbocycles. The maximum Gasteiger partial charge on any atom is 0.255 e. The lowest BCUT2D eigenvalue weighted by Gasteiger charge is -2.16. The van der Waals surface area contributed by atoms with Crippen molar-refractivity contribution >= 4 is 5.91 Å². The van der Waals surface area contributed by atoms with E-state index in [2.05, 4.69) is 15.2 Å². The third-order valence-electron chi connectivity index (χ3n) is 2.43. The number of nitrogens with one attached hydrogen (secondary N) is 1. The van der Waals surface area contributed by atoms with E-state index in [9.17, 15) is 9.90 Å². The molecule has 5 nitrogen and oxygen atoms in total. The molecule has 0 saturated heterocycles. The summed E-state index contributed by atoms with van der Waals surface area (Å²) in [7, 11) is 3.98. The summed E-state index contributed by atoms with van der Waals surface area (Å²) in [6.45, 7) is 2.85. The zero-order valence-electron chi connectivity index (χ0n) is 10.5. The van der Waals surface area contributed by atoms with Gasteiger partial charge in [0, 0.05) is 12.2 Å². The molecule has 0 bridgehead atoms. The molecule has 5 heteroatoms. The summed E-state index contributed by atoms with van der Waals surface area (Å²) in [5, 5.41) is 12.3. The van der Waals surface area contributed by atoms with Crippen LogP contribution in [0.4, 0.5) is 0 Å². The molecule has 0 spiro atoms. The molecule has 1 atom stereocenters. The van der Waals surface area contributed by atoms with Crippen LogP contribution in [0.1, 0.15) is 23.7 Å². The van der Waals surface area contributed by atoms with Crippen LogP contribution in [-0.4, -0.2) is 47.6 Å². The molecular formula is C12H19N3O2. The zero-order valence-corrected chi connectivity index (χ0v) is 10.5. The Morgan fingerprint density at radius 1 is 1.59 bits per heavy atom. The van der Waals surface area contributed by atoms with E-state index in [0.717, 1.165) is 13.0 Å². The minimum atomic E-state index is -0.267. The van der Waals surface area contributed by atoms with Gasteiger partial charge in [0.25, 0.3) is 5.91 Å². The van der Waals surface area contributed by atoms with Gasteiger partial charge in [0.15, 0.2) is 0 Å². The Bertz CT molecular complexity index is 380. The zero-order chi connectivity index (χ0) is 12.8. The molecule has 1 heterocycles. The largest absolute Gasteiger partial charge is 0.505 e. The molecule has 17 heavy (non-hydrogen) atoms. The number of hydrogen-bond acceptors (Lipinski definition) is 4. The second kappa shape index (κ2) is 6.20. The molecule has 0 radical (unpaired) electrons. The quantitative estimate of drug-likeness (QED) is 0.797. The average Bonchev–Trinajstić information content (AvgIpc) is 2.26. The van der Waals surface area contributed by atoms with E-state index in [1.165, 1.54) is 18.5 Å². The first kappa shape index (κ1) is 13.4. The monoisotopic (exact) mass is 237 g/mol. The smallest absolute Gasteiger partial charge is 0.255 e. The van der Waals surface area contributed by atoms with Crippen LogP contribution >= 0.6 is 0 Å². The van der Waals surface area contributed by atoms with Gasteiger partial charge in [-0.3, -0.25) is 9.78 Å². The van der Waals surface area contributed by atoms with Gasteiger partial charge in [0.05, 0.1) is 11.8 Å². The predicted molar refractivity (Wildman–Crippen MR) is 66.0 cm³/mol. The van der Waals surface area contributed by atoms with Gasteiger partial charge in [-0.25, -0.2) is 0 Å². The molecular weight excluding hydrogens is 218 g/mol. The fourth-order valence-corrected chi connectivity index (χ4v) is 1.40. The van der Waals surface area contributed by atoms with Crippen molar-refractivity contribution in [1.29, 1.82) is 0 Å². The van der Waals surface area contributed by atoms with E-state index in [0.29, 0.717) is 0 Å². The Hall–Kier alpha value is -1.62. The first-order valence-corrected chi connectivity index (χ1v) is 5.59. The Balaban J connectivity index is 2.52. The highest BCUT2D eigenvalue weighted by molar-refractivity contribution is 5.96. The van der Waals surface area contributed by atoms with Crippen LogP contribution < -0.4 is 5.32 Å². The highest BCUT2D eigenvalue weighted by Gasteiger charge is 2.13. The molecule has 0 aromatic carbocycles. The van der Waals surface area contributed by atoms with E-state index < -0.39 is 0 Å². The van der Waals surface area contributed by atoms with Gasteiger partial charge in [0.1, 0.15) is 5.75 Å². The summed E-state index contributed by atoms with van der Waals surface area (Å²) in [6.07, 6.45) is 3.61. The van der Waals surface area contributed by atoms with Crippen molar-refractivity contribution in [1.82, 2.24) is 15.2 Å². The van der Waals surface area contributed by atoms with Crippen molar-refractivity contribution in [2.24, 2.45) is 0 Å². The normalized spacial score (nSPS) is 12.5. The van der Waals surface area contributed by atoms with Crippen molar-refractivity contribution in [2.75, 3.05) is 20.6 Å². The summed E-state index contributed by atoms with van der Waals surface area (Å²) >= 11 is 0. The second-order valence-electron chi connectivity index (χ2n) is 4.36. The molecule has 94 valence electrons. The highest BCUT2D eigenvalue weighted by atomic mass is 16.3. The van der Waals surface area contributed by atoms with Crippen LogP contribution in [0.5, 0.6) is 5.75 Å². The summed E-state index contributed by atoms with van der Waals surface area (Å²) in [4.78, 5) is 17.6. The van der Waals surface area contributed by atoms with E-state index >= 15 is 0 Å². The van der Waals surface area contributed by atoms with Crippen molar-refractivity contribution in [3.63, 3.8) is 0 Å². The van der Waals surface area contributed by atoms with Gasteiger partial charge in [0.2, 0.25) is 0 Å². The van der Waals surface area contributed by atoms with Gasteiger partial charge < -0.3 is 15.3 Å². The van der Waals surface area contributed by atoms with E-state index in [1.807, 2.05) is 21.0 Å². The molecule has 0 aliphatic rings. The Morgan fingerprint density at radius 3 is 2.88 bits per heavy atom. The van der Waals surface area contributed by atoms with Crippen LogP contribution in [-0.2, 0) is 0 Å². The fraction of sp³-hybridized carbons (Fsp3) is 0.500. The first-order valence-electron chi connectivity index (χ1n) is 5.59. The Labute approximate surface area is 101 Å². The lowest BCUT2D eigenvalue weighted by atomic mass is 10.2. The van der Waals surface area contributed by atoms with Crippen LogP contribution in [0.25, 0.3) is 0 Å². The number of aromatic nitrogens is 1. The average molecular weight is 237 g/mol. The number of carbonyl (C=O) groups is 1. The molecule has 1 rings (SSSR count). The molecule has 1 amide bonds. The van der Waals surface area contributed by atoms with Crippen molar-refractivity contribution < 1.29 is 9.90 Å². The molecule has 1 aromatic heterocycles. The van der Waals surface area contributed by atoms with Gasteiger partial charge in [-0.05, 0) is 40.1 Å². The molecule has 1 aromatic rings. The SMILES string of the molecule is CC(CCN(C)C)NC(=O)c1ccncc1O. The minimum absolute atomic E-state index is 0.0671. The molecule has 1 unspecified atom stereocenters. The number of rotatable bonds is 5. The van der Waals surface area contributed by atoms with E-state index in [-0.39, 0.29) is 23.3 Å². The molecule has 0 fully saturated rings. The third kappa shape index (κ3) is 4.40. The van der Waals surface area contributed by atoms with Crippen molar-refractivity contribution in [3.05, 3.63) is 24.0 Å². The lowest BCUT2D eigenvalue weighted by Crippen LogP contribution is -2.34. The number of aromatic hydroxyl groups is 1. The summed E-state index contributed by atoms with van der Waals surface area (Å²) in [5.74, 6) is -0.360. The van der Waals surface area contributed by atoms with Crippen molar-refractivity contribution in [3.8, 4) is 5.75 Å². The number of amides is 1. The van der Waals surface area contributed by atoms with Gasteiger partial charge in [-0.15, -0.1) is 0 Å². The number of carbonyl (C=O) groups excluding carboxylic acids is 1. The predicted octanol–water partition coefficient (Wildman–Crippen LogP) is 0.857. The minimum Gasteiger partial charge on any atom is -0.505 e. The van der Waals surface area contributed by atoms with Crippen LogP contribution in [0.15, 0.2) is 18.5 Å².